The number of thiophene rings is 1. The molecule has 0 saturated heterocycles. The SMILES string of the molecule is CCC(C)C(=O)c1sc(C)cc1Br. The van der Waals surface area contributed by atoms with Crippen molar-refractivity contribution in [3.63, 3.8) is 0 Å². The van der Waals surface area contributed by atoms with Gasteiger partial charge < -0.3 is 0 Å². The Balaban J connectivity index is 2.94. The standard InChI is InChI=1S/C10H13BrOS/c1-4-6(2)9(12)10-8(11)5-7(3)13-10/h5-6H,4H2,1-3H3. The van der Waals surface area contributed by atoms with Gasteiger partial charge in [-0.1, -0.05) is 13.8 Å². The predicted octanol–water partition coefficient (Wildman–Crippen LogP) is 4.05. The summed E-state index contributed by atoms with van der Waals surface area (Å²) < 4.78 is 0.945. The van der Waals surface area contributed by atoms with Gasteiger partial charge in [-0.25, -0.2) is 0 Å². The number of carbonyl (C=O) groups is 1. The van der Waals surface area contributed by atoms with Crippen LogP contribution in [0.2, 0.25) is 0 Å². The van der Waals surface area contributed by atoms with E-state index in [1.54, 1.807) is 11.3 Å². The molecule has 0 aromatic carbocycles. The van der Waals surface area contributed by atoms with Crippen LogP contribution in [0.3, 0.4) is 0 Å². The first-order chi connectivity index (χ1) is 6.06. The van der Waals surface area contributed by atoms with Gasteiger partial charge in [-0.3, -0.25) is 4.79 Å². The Hall–Kier alpha value is -0.150. The topological polar surface area (TPSA) is 17.1 Å². The Morgan fingerprint density at radius 1 is 1.69 bits per heavy atom. The van der Waals surface area contributed by atoms with E-state index in [0.717, 1.165) is 15.8 Å². The molecule has 1 nitrogen and oxygen atoms in total. The van der Waals surface area contributed by atoms with Gasteiger partial charge in [0.15, 0.2) is 5.78 Å². The van der Waals surface area contributed by atoms with Gasteiger partial charge in [-0.2, -0.15) is 0 Å². The molecule has 1 aromatic heterocycles. The minimum Gasteiger partial charge on any atom is -0.293 e. The Morgan fingerprint density at radius 3 is 2.69 bits per heavy atom. The maximum atomic E-state index is 11.8. The van der Waals surface area contributed by atoms with E-state index in [1.807, 2.05) is 26.8 Å². The van der Waals surface area contributed by atoms with Crippen molar-refractivity contribution in [1.29, 1.82) is 0 Å². The fourth-order valence-corrected chi connectivity index (χ4v) is 2.95. The minimum atomic E-state index is 0.134. The molecule has 0 bridgehead atoms. The van der Waals surface area contributed by atoms with Gasteiger partial charge in [0.05, 0.1) is 4.88 Å². The second kappa shape index (κ2) is 4.38. The van der Waals surface area contributed by atoms with Gasteiger partial charge in [0.1, 0.15) is 0 Å². The lowest BCUT2D eigenvalue weighted by atomic mass is 10.0. The van der Waals surface area contributed by atoms with Crippen LogP contribution >= 0.6 is 27.3 Å². The number of ketones is 1. The van der Waals surface area contributed by atoms with Crippen LogP contribution in [0.15, 0.2) is 10.5 Å². The third-order valence-corrected chi connectivity index (χ3v) is 4.05. The van der Waals surface area contributed by atoms with Crippen LogP contribution in [-0.4, -0.2) is 5.78 Å². The van der Waals surface area contributed by atoms with Crippen molar-refractivity contribution < 1.29 is 4.79 Å². The Kier molecular flexibility index (Phi) is 3.68. The summed E-state index contributed by atoms with van der Waals surface area (Å²) in [6, 6.07) is 2.00. The quantitative estimate of drug-likeness (QED) is 0.750. The molecule has 3 heteroatoms. The van der Waals surface area contributed by atoms with E-state index in [4.69, 9.17) is 0 Å². The summed E-state index contributed by atoms with van der Waals surface area (Å²) in [5.74, 6) is 0.391. The molecule has 0 fully saturated rings. The normalized spacial score (nSPS) is 12.9. The van der Waals surface area contributed by atoms with Crippen molar-refractivity contribution in [3.05, 3.63) is 20.3 Å². The molecule has 0 radical (unpaired) electrons. The summed E-state index contributed by atoms with van der Waals surface area (Å²) in [6.45, 7) is 6.03. The lowest BCUT2D eigenvalue weighted by molar-refractivity contribution is 0.0930. The fraction of sp³-hybridized carbons (Fsp3) is 0.500. The highest BCUT2D eigenvalue weighted by Crippen LogP contribution is 2.29. The molecule has 1 unspecified atom stereocenters. The van der Waals surface area contributed by atoms with Gasteiger partial charge in [-0.15, -0.1) is 11.3 Å². The molecule has 1 atom stereocenters. The van der Waals surface area contributed by atoms with E-state index >= 15 is 0 Å². The smallest absolute Gasteiger partial charge is 0.176 e. The molecular weight excluding hydrogens is 248 g/mol. The molecule has 0 aliphatic rings. The van der Waals surface area contributed by atoms with Crippen LogP contribution in [-0.2, 0) is 0 Å². The largest absolute Gasteiger partial charge is 0.293 e. The number of aryl methyl sites for hydroxylation is 1. The third kappa shape index (κ3) is 2.41. The van der Waals surface area contributed by atoms with Gasteiger partial charge in [0.2, 0.25) is 0 Å². The molecule has 1 heterocycles. The zero-order valence-corrected chi connectivity index (χ0v) is 10.5. The fourth-order valence-electron chi connectivity index (χ4n) is 1.06. The van der Waals surface area contributed by atoms with Gasteiger partial charge in [0, 0.05) is 15.3 Å². The number of carbonyl (C=O) groups excluding carboxylic acids is 1. The van der Waals surface area contributed by atoms with Crippen LogP contribution in [0.4, 0.5) is 0 Å². The highest BCUT2D eigenvalue weighted by molar-refractivity contribution is 9.10. The lowest BCUT2D eigenvalue weighted by Gasteiger charge is -2.04. The van der Waals surface area contributed by atoms with Crippen molar-refractivity contribution >= 4 is 33.0 Å². The Bertz CT molecular complexity index is 317. The predicted molar refractivity (Wildman–Crippen MR) is 60.5 cm³/mol. The highest BCUT2D eigenvalue weighted by atomic mass is 79.9. The maximum Gasteiger partial charge on any atom is 0.176 e. The van der Waals surface area contributed by atoms with Crippen molar-refractivity contribution in [1.82, 2.24) is 0 Å². The summed E-state index contributed by atoms with van der Waals surface area (Å²) >= 11 is 4.97. The molecule has 0 spiro atoms. The molecule has 0 saturated carbocycles. The molecule has 0 aliphatic heterocycles. The Morgan fingerprint density at radius 2 is 2.31 bits per heavy atom. The molecule has 0 N–H and O–H groups in total. The monoisotopic (exact) mass is 260 g/mol. The van der Waals surface area contributed by atoms with E-state index in [1.165, 1.54) is 4.88 Å². The van der Waals surface area contributed by atoms with Gasteiger partial charge >= 0.3 is 0 Å². The van der Waals surface area contributed by atoms with E-state index in [9.17, 15) is 4.79 Å². The van der Waals surface area contributed by atoms with Crippen molar-refractivity contribution in [3.8, 4) is 0 Å². The molecular formula is C10H13BrOS. The third-order valence-electron chi connectivity index (χ3n) is 2.09. The number of halogens is 1. The van der Waals surface area contributed by atoms with E-state index < -0.39 is 0 Å². The first-order valence-electron chi connectivity index (χ1n) is 4.36. The molecule has 0 amide bonds. The van der Waals surface area contributed by atoms with Crippen LogP contribution < -0.4 is 0 Å². The lowest BCUT2D eigenvalue weighted by Crippen LogP contribution is -2.08. The zero-order chi connectivity index (χ0) is 10.0. The summed E-state index contributed by atoms with van der Waals surface area (Å²) in [6.07, 6.45) is 0.905. The summed E-state index contributed by atoms with van der Waals surface area (Å²) in [5, 5.41) is 0. The van der Waals surface area contributed by atoms with Crippen molar-refractivity contribution in [2.24, 2.45) is 5.92 Å². The number of Topliss-reactive ketones (excluding diaryl/α,β-unsaturated/α-hetero) is 1. The molecule has 0 aliphatic carbocycles. The molecule has 1 rings (SSSR count). The number of rotatable bonds is 3. The van der Waals surface area contributed by atoms with E-state index in [2.05, 4.69) is 15.9 Å². The molecule has 72 valence electrons. The first kappa shape index (κ1) is 10.9. The van der Waals surface area contributed by atoms with Crippen molar-refractivity contribution in [2.75, 3.05) is 0 Å². The maximum absolute atomic E-state index is 11.8. The van der Waals surface area contributed by atoms with Gasteiger partial charge in [0.25, 0.3) is 0 Å². The summed E-state index contributed by atoms with van der Waals surface area (Å²) in [4.78, 5) is 13.8. The zero-order valence-electron chi connectivity index (χ0n) is 8.06. The molecule has 1 aromatic rings. The summed E-state index contributed by atoms with van der Waals surface area (Å²) in [7, 11) is 0. The second-order valence-electron chi connectivity index (χ2n) is 3.21. The summed E-state index contributed by atoms with van der Waals surface area (Å²) in [5.41, 5.74) is 0. The molecule has 13 heavy (non-hydrogen) atoms. The first-order valence-corrected chi connectivity index (χ1v) is 5.97. The van der Waals surface area contributed by atoms with Gasteiger partial charge in [-0.05, 0) is 35.3 Å². The number of hydrogen-bond acceptors (Lipinski definition) is 2. The van der Waals surface area contributed by atoms with Crippen molar-refractivity contribution in [2.45, 2.75) is 27.2 Å². The Labute approximate surface area is 91.3 Å². The van der Waals surface area contributed by atoms with Crippen LogP contribution in [0.1, 0.15) is 34.8 Å². The van der Waals surface area contributed by atoms with E-state index in [-0.39, 0.29) is 11.7 Å². The minimum absolute atomic E-state index is 0.134. The van der Waals surface area contributed by atoms with Crippen LogP contribution in [0.5, 0.6) is 0 Å². The highest BCUT2D eigenvalue weighted by Gasteiger charge is 2.18. The average molecular weight is 261 g/mol. The number of hydrogen-bond donors (Lipinski definition) is 0. The average Bonchev–Trinajstić information content (AvgIpc) is 2.42. The second-order valence-corrected chi connectivity index (χ2v) is 5.32. The van der Waals surface area contributed by atoms with E-state index in [0.29, 0.717) is 0 Å². The van der Waals surface area contributed by atoms with Crippen LogP contribution in [0.25, 0.3) is 0 Å². The van der Waals surface area contributed by atoms with Crippen LogP contribution in [0, 0.1) is 12.8 Å².